The van der Waals surface area contributed by atoms with E-state index in [1.807, 2.05) is 12.1 Å². The van der Waals surface area contributed by atoms with Crippen LogP contribution in [0.3, 0.4) is 0 Å². The van der Waals surface area contributed by atoms with Crippen molar-refractivity contribution in [2.24, 2.45) is 5.92 Å². The van der Waals surface area contributed by atoms with Crippen molar-refractivity contribution in [1.29, 1.82) is 0 Å². The molecule has 1 saturated heterocycles. The fraction of sp³-hybridized carbons (Fsp3) is 0.733. The summed E-state index contributed by atoms with van der Waals surface area (Å²) in [5.41, 5.74) is 0. The molecule has 2 rings (SSSR count). The second-order valence-corrected chi connectivity index (χ2v) is 7.91. The van der Waals surface area contributed by atoms with Crippen LogP contribution in [0.25, 0.3) is 0 Å². The number of rotatable bonds is 7. The number of likely N-dealkylation sites (tertiary alicyclic amines) is 1. The molecule has 1 unspecified atom stereocenters. The van der Waals surface area contributed by atoms with Gasteiger partial charge in [0, 0.05) is 12.6 Å². The molecule has 1 aromatic heterocycles. The molecule has 0 aliphatic carbocycles. The average molecular weight is 329 g/mol. The molecule has 2 heterocycles. The van der Waals surface area contributed by atoms with Gasteiger partial charge in [0.25, 0.3) is 10.2 Å². The minimum Gasteiger partial charge on any atom is -0.468 e. The number of nitrogens with zero attached hydrogens (tertiary/aromatic N) is 1. The lowest BCUT2D eigenvalue weighted by molar-refractivity contribution is 0.124. The number of hydrogen-bond acceptors (Lipinski definition) is 4. The zero-order valence-corrected chi connectivity index (χ0v) is 14.4. The molecule has 6 nitrogen and oxygen atoms in total. The molecule has 2 N–H and O–H groups in total. The third-order valence-electron chi connectivity index (χ3n) is 3.99. The summed E-state index contributed by atoms with van der Waals surface area (Å²) >= 11 is 0. The van der Waals surface area contributed by atoms with Gasteiger partial charge in [0.15, 0.2) is 0 Å². The van der Waals surface area contributed by atoms with Gasteiger partial charge in [0.2, 0.25) is 0 Å². The molecule has 1 aliphatic rings. The highest BCUT2D eigenvalue weighted by Gasteiger charge is 2.27. The quantitative estimate of drug-likeness (QED) is 0.801. The molecule has 0 spiro atoms. The van der Waals surface area contributed by atoms with Crippen LogP contribution in [0.2, 0.25) is 0 Å². The Hall–Kier alpha value is -0.890. The van der Waals surface area contributed by atoms with E-state index in [1.165, 1.54) is 0 Å². The summed E-state index contributed by atoms with van der Waals surface area (Å²) in [6.45, 7) is 8.10. The molecular formula is C15H27N3O3S. The summed E-state index contributed by atoms with van der Waals surface area (Å²) in [6.07, 6.45) is 3.90. The van der Waals surface area contributed by atoms with Gasteiger partial charge >= 0.3 is 0 Å². The SMILES string of the molecule is CC1CCN(C(CNS(=O)(=O)NC(C)C)c2ccco2)CC1. The van der Waals surface area contributed by atoms with Gasteiger partial charge in [-0.15, -0.1) is 0 Å². The molecule has 22 heavy (non-hydrogen) atoms. The van der Waals surface area contributed by atoms with Crippen molar-refractivity contribution in [3.63, 3.8) is 0 Å². The maximum absolute atomic E-state index is 12.0. The largest absolute Gasteiger partial charge is 0.468 e. The van der Waals surface area contributed by atoms with Crippen molar-refractivity contribution in [1.82, 2.24) is 14.3 Å². The summed E-state index contributed by atoms with van der Waals surface area (Å²) in [5.74, 6) is 1.54. The highest BCUT2D eigenvalue weighted by Crippen LogP contribution is 2.26. The molecule has 126 valence electrons. The Bertz CT molecular complexity index is 534. The van der Waals surface area contributed by atoms with Crippen molar-refractivity contribution in [3.8, 4) is 0 Å². The van der Waals surface area contributed by atoms with Crippen molar-refractivity contribution in [2.75, 3.05) is 19.6 Å². The van der Waals surface area contributed by atoms with Gasteiger partial charge in [0.1, 0.15) is 5.76 Å². The topological polar surface area (TPSA) is 74.6 Å². The van der Waals surface area contributed by atoms with Crippen LogP contribution in [0.4, 0.5) is 0 Å². The first-order valence-electron chi connectivity index (χ1n) is 7.92. The summed E-state index contributed by atoms with van der Waals surface area (Å²) in [4.78, 5) is 2.30. The highest BCUT2D eigenvalue weighted by atomic mass is 32.2. The lowest BCUT2D eigenvalue weighted by Gasteiger charge is -2.35. The molecule has 7 heteroatoms. The van der Waals surface area contributed by atoms with E-state index in [9.17, 15) is 8.42 Å². The molecule has 0 aromatic carbocycles. The number of piperidine rings is 1. The predicted molar refractivity (Wildman–Crippen MR) is 86.6 cm³/mol. The first-order chi connectivity index (χ1) is 10.4. The Morgan fingerprint density at radius 3 is 2.59 bits per heavy atom. The van der Waals surface area contributed by atoms with E-state index < -0.39 is 10.2 Å². The van der Waals surface area contributed by atoms with Gasteiger partial charge < -0.3 is 4.42 Å². The van der Waals surface area contributed by atoms with Crippen LogP contribution < -0.4 is 9.44 Å². The number of furan rings is 1. The lowest BCUT2D eigenvalue weighted by atomic mass is 9.97. The molecule has 1 aromatic rings. The smallest absolute Gasteiger partial charge is 0.277 e. The number of hydrogen-bond donors (Lipinski definition) is 2. The molecular weight excluding hydrogens is 302 g/mol. The average Bonchev–Trinajstić information content (AvgIpc) is 2.93. The summed E-state index contributed by atoms with van der Waals surface area (Å²) < 4.78 is 34.7. The van der Waals surface area contributed by atoms with E-state index in [-0.39, 0.29) is 12.1 Å². The summed E-state index contributed by atoms with van der Waals surface area (Å²) in [7, 11) is -3.48. The second kappa shape index (κ2) is 7.59. The Morgan fingerprint density at radius 2 is 2.05 bits per heavy atom. The fourth-order valence-electron chi connectivity index (χ4n) is 2.77. The van der Waals surface area contributed by atoms with E-state index in [1.54, 1.807) is 20.1 Å². The first-order valence-corrected chi connectivity index (χ1v) is 9.40. The normalized spacial score (nSPS) is 19.6. The van der Waals surface area contributed by atoms with Gasteiger partial charge in [-0.1, -0.05) is 6.92 Å². The van der Waals surface area contributed by atoms with E-state index >= 15 is 0 Å². The van der Waals surface area contributed by atoms with Crippen LogP contribution in [0.15, 0.2) is 22.8 Å². The monoisotopic (exact) mass is 329 g/mol. The highest BCUT2D eigenvalue weighted by molar-refractivity contribution is 7.87. The van der Waals surface area contributed by atoms with Crippen molar-refractivity contribution >= 4 is 10.2 Å². The Labute approximate surface area is 133 Å². The van der Waals surface area contributed by atoms with Crippen molar-refractivity contribution in [3.05, 3.63) is 24.2 Å². The second-order valence-electron chi connectivity index (χ2n) is 6.37. The van der Waals surface area contributed by atoms with E-state index in [2.05, 4.69) is 21.3 Å². The van der Waals surface area contributed by atoms with Crippen LogP contribution in [0.1, 0.15) is 45.4 Å². The van der Waals surface area contributed by atoms with Gasteiger partial charge in [-0.25, -0.2) is 4.72 Å². The minimum absolute atomic E-state index is 0.0637. The van der Waals surface area contributed by atoms with Crippen LogP contribution in [-0.2, 0) is 10.2 Å². The molecule has 1 fully saturated rings. The predicted octanol–water partition coefficient (Wildman–Crippen LogP) is 1.89. The zero-order chi connectivity index (χ0) is 16.2. The third kappa shape index (κ3) is 5.08. The zero-order valence-electron chi connectivity index (χ0n) is 13.6. The van der Waals surface area contributed by atoms with Gasteiger partial charge in [-0.3, -0.25) is 4.90 Å². The molecule has 0 saturated carbocycles. The Balaban J connectivity index is 2.03. The van der Waals surface area contributed by atoms with Gasteiger partial charge in [-0.05, 0) is 57.8 Å². The molecule has 1 aliphatic heterocycles. The number of nitrogens with one attached hydrogen (secondary N) is 2. The molecule has 1 atom stereocenters. The van der Waals surface area contributed by atoms with Crippen LogP contribution in [0, 0.1) is 5.92 Å². The lowest BCUT2D eigenvalue weighted by Crippen LogP contribution is -2.46. The van der Waals surface area contributed by atoms with E-state index in [0.717, 1.165) is 37.6 Å². The Morgan fingerprint density at radius 1 is 1.36 bits per heavy atom. The van der Waals surface area contributed by atoms with Gasteiger partial charge in [-0.2, -0.15) is 13.1 Å². The molecule has 0 radical (unpaired) electrons. The molecule has 0 bridgehead atoms. The van der Waals surface area contributed by atoms with E-state index in [4.69, 9.17) is 4.42 Å². The Kier molecular flexibility index (Phi) is 6.02. The maximum atomic E-state index is 12.0. The van der Waals surface area contributed by atoms with Crippen LogP contribution in [-0.4, -0.2) is 39.0 Å². The van der Waals surface area contributed by atoms with Gasteiger partial charge in [0.05, 0.1) is 12.3 Å². The minimum atomic E-state index is -3.48. The summed E-state index contributed by atoms with van der Waals surface area (Å²) in [6, 6.07) is 3.56. The maximum Gasteiger partial charge on any atom is 0.277 e. The third-order valence-corrected chi connectivity index (χ3v) is 5.32. The fourth-order valence-corrected chi connectivity index (χ4v) is 3.85. The van der Waals surface area contributed by atoms with E-state index in [0.29, 0.717) is 6.54 Å². The van der Waals surface area contributed by atoms with Crippen molar-refractivity contribution < 1.29 is 12.8 Å². The van der Waals surface area contributed by atoms with Crippen LogP contribution >= 0.6 is 0 Å². The standard InChI is InChI=1S/C15H27N3O3S/c1-12(2)17-22(19,20)16-11-14(15-5-4-10-21-15)18-8-6-13(3)7-9-18/h4-5,10,12-14,16-17H,6-9,11H2,1-3H3. The van der Waals surface area contributed by atoms with Crippen LogP contribution in [0.5, 0.6) is 0 Å². The van der Waals surface area contributed by atoms with Crippen molar-refractivity contribution in [2.45, 2.75) is 45.7 Å². The summed E-state index contributed by atoms with van der Waals surface area (Å²) in [5, 5.41) is 0. The first kappa shape index (κ1) is 17.5. The molecule has 0 amide bonds.